The number of benzene rings is 2. The van der Waals surface area contributed by atoms with Crippen LogP contribution >= 0.6 is 0 Å². The van der Waals surface area contributed by atoms with E-state index in [2.05, 4.69) is 229 Å². The van der Waals surface area contributed by atoms with Gasteiger partial charge in [-0.15, -0.1) is 0 Å². The molecule has 0 amide bonds. The molecular weight excluding hydrogens is 1700 g/mol. The third kappa shape index (κ3) is 44.2. The minimum atomic E-state index is -0.830. The first kappa shape index (κ1) is 113. The fourth-order valence-electron chi connectivity index (χ4n) is 18.7. The Hall–Kier alpha value is -10.1. The molecule has 14 rings (SSSR count). The summed E-state index contributed by atoms with van der Waals surface area (Å²) < 4.78 is 24.3. The quantitative estimate of drug-likeness (QED) is 0.0154. The first-order valence-corrected chi connectivity index (χ1v) is 50.9. The van der Waals surface area contributed by atoms with E-state index in [0.29, 0.717) is 18.4 Å². The van der Waals surface area contributed by atoms with Gasteiger partial charge < -0.3 is 15.3 Å². The normalized spacial score (nSPS) is 21.0. The second kappa shape index (κ2) is 60.6. The number of allylic oxidation sites excluding steroid dienone is 4. The second-order valence-electron chi connectivity index (χ2n) is 42.0. The summed E-state index contributed by atoms with van der Waals surface area (Å²) in [6.45, 7) is 46.6. The number of Topliss-reactive ketones (excluding diaryl/α,β-unsaturated/α-hetero) is 1. The Balaban J connectivity index is 0.000000212. The molecule has 8 aliphatic rings. The van der Waals surface area contributed by atoms with Gasteiger partial charge in [0.2, 0.25) is 25.3 Å². The first-order chi connectivity index (χ1) is 65.0. The van der Waals surface area contributed by atoms with Crippen LogP contribution in [0.4, 0.5) is 0 Å². The third-order valence-electron chi connectivity index (χ3n) is 27.7. The molecule has 0 spiro atoms. The van der Waals surface area contributed by atoms with Crippen molar-refractivity contribution in [3.63, 3.8) is 0 Å². The van der Waals surface area contributed by atoms with Crippen molar-refractivity contribution in [1.29, 1.82) is 0 Å². The molecule has 0 radical (unpaired) electrons. The predicted molar refractivity (Wildman–Crippen MR) is 554 cm³/mol. The molecule has 0 saturated heterocycles. The number of aryl methyl sites for hydroxylation is 1. The Labute approximate surface area is 817 Å². The largest absolute Gasteiger partial charge is 0.478 e. The van der Waals surface area contributed by atoms with E-state index in [0.717, 1.165) is 183 Å². The molecule has 8 heterocycles. The number of nitrogens with zero attached hydrogens (tertiary/aromatic N) is 12. The summed E-state index contributed by atoms with van der Waals surface area (Å²) in [6, 6.07) is 17.3. The predicted octanol–water partition coefficient (Wildman–Crippen LogP) is 14.7. The molecule has 2 aromatic carbocycles. The van der Waals surface area contributed by atoms with Gasteiger partial charge in [-0.3, -0.25) is 4.79 Å². The number of rotatable bonds is 32. The molecule has 4 aromatic heterocycles. The van der Waals surface area contributed by atoms with E-state index in [1.165, 1.54) is 153 Å². The fraction of sp³-hybridized carbons (Fsp3) is 0.596. The molecule has 27 heteroatoms. The van der Waals surface area contributed by atoms with Crippen LogP contribution in [0, 0.1) is 82.9 Å². The van der Waals surface area contributed by atoms with Crippen LogP contribution in [0.1, 0.15) is 280 Å². The Morgan fingerprint density at radius 1 is 0.368 bits per heavy atom. The van der Waals surface area contributed by atoms with Crippen molar-refractivity contribution in [3.05, 3.63) is 195 Å². The number of ketones is 1. The molecule has 7 N–H and O–H groups in total. The SMILES string of the molecule is CC(=O)C[n+]1ccn(CCC(C)C)c1.CC(C)C1CCC(C[N+]2=CCC(=BO)C=C2)C1.CC(C)C1CCC(C[N+]2=CCC(=BO)C=C2)CC1.CC(C)C1CCC(Cn2cc[n+](CC(=O)O)c2)C1.CC(C)C1CCC(Cn2cc[n+](CC(=O)O)c2)CC1.CC(C)CC[N+]1=CCC(=BO)C=C1.CC(C)c1ccc(C[N+]2=CCC(=BO)C=C2)cc1.CC(C)c1ccc(C[n+]2ccn(CC(=O)O)c2)cc1. The van der Waals surface area contributed by atoms with Crippen LogP contribution in [0.15, 0.2) is 173 Å². The molecule has 4 fully saturated rings. The number of carboxylic acid groups (broad SMARTS) is 3. The Bertz CT molecular complexity index is 4990. The average molecular weight is 1870 g/mol. The van der Waals surface area contributed by atoms with Crippen molar-refractivity contribution < 1.29 is 91.2 Å². The molecule has 4 aliphatic carbocycles. The fourth-order valence-corrected chi connectivity index (χ4v) is 18.7. The van der Waals surface area contributed by atoms with Gasteiger partial charge in [-0.05, 0) is 117 Å². The molecular formula is C109H170B4N12O11+8. The van der Waals surface area contributed by atoms with E-state index in [1.54, 1.807) is 26.8 Å². The first-order valence-electron chi connectivity index (χ1n) is 50.9. The molecule has 4 atom stereocenters. The maximum absolute atomic E-state index is 10.9. The van der Waals surface area contributed by atoms with Crippen LogP contribution in [0.25, 0.3) is 0 Å². The van der Waals surface area contributed by atoms with E-state index >= 15 is 0 Å². The van der Waals surface area contributed by atoms with Crippen molar-refractivity contribution in [2.75, 3.05) is 19.6 Å². The summed E-state index contributed by atoms with van der Waals surface area (Å²) in [6.07, 6.45) is 72.3. The molecule has 136 heavy (non-hydrogen) atoms. The van der Waals surface area contributed by atoms with Gasteiger partial charge in [0.1, 0.15) is 62.7 Å². The number of imidazole rings is 4. The van der Waals surface area contributed by atoms with E-state index in [-0.39, 0.29) is 25.4 Å². The summed E-state index contributed by atoms with van der Waals surface area (Å²) in [4.78, 5) is 42.7. The average Bonchev–Trinajstić information content (AvgIpc) is 1.14. The third-order valence-corrected chi connectivity index (χ3v) is 27.7. The zero-order chi connectivity index (χ0) is 99.2. The Morgan fingerprint density at radius 3 is 1.10 bits per heavy atom. The van der Waals surface area contributed by atoms with E-state index < -0.39 is 17.9 Å². The van der Waals surface area contributed by atoms with Gasteiger partial charge in [-0.25, -0.2) is 50.9 Å². The number of carbonyl (C=O) groups excluding carboxylic acids is 1. The summed E-state index contributed by atoms with van der Waals surface area (Å²) in [7, 11) is 4.75. The number of aromatic nitrogens is 8. The standard InChI is InChI=1S/C15H25BNO.C15H19BNO.C15H24N2O2.C15H18N2O2.C14H23BNO.C14H22N2O2.C11H19N2O.C10H17BNO/c2*1-12(2)14-5-3-13(4-6-14)11-17-9-7-15(16-18)8-10-17;2*1-12(2)14-5-3-13(4-6-14)9-16-7-8-17(11-16)10-15(18)19;1-11(2)13-4-3-12(9-13)10-16-7-5-14(15-17)6-8-16;1-11(2)13-4-3-12(7-13)8-15-5-6-16(10-15)9-14(17)18;1-10(2)4-5-12-6-7-13(9-12)8-11(3)14;1-9(2)3-6-12-7-4-10(11-13)5-8-12/h7,9-10,12-14,18H,3-6,8,11H2,1-2H3;3-7,9-10,12,18H,8,11H2,1-2H3;7-8,11-14H,3-6,9-10H2,1-2H3;3-8,11-12H,9-10H2,1-2H3;5,7-8,11-13,17H,3-4,6,9-10H2,1-2H3;5-6,10-13H,3-4,7-9H2,1-2H3;6-7,9-10H,4-5,8H2,1-3H3;4,7-9,13H,3,5-6H2,1-2H3/q2*+1;;;+1;;2*+1/p+3. The topological polar surface area (TPSA) is 257 Å². The van der Waals surface area contributed by atoms with Gasteiger partial charge in [-0.1, -0.05) is 79.7 Å². The van der Waals surface area contributed by atoms with Crippen molar-refractivity contribution >= 4 is 98.9 Å². The van der Waals surface area contributed by atoms with Crippen LogP contribution in [-0.4, -0.2) is 191 Å². The smallest absolute Gasteiger partial charge is 0.346 e. The maximum Gasteiger partial charge on any atom is 0.346 e. The van der Waals surface area contributed by atoms with E-state index in [4.69, 9.17) is 35.4 Å². The molecule has 736 valence electrons. The number of carbonyl (C=O) groups is 4. The maximum atomic E-state index is 10.9. The van der Waals surface area contributed by atoms with Crippen molar-refractivity contribution in [3.8, 4) is 0 Å². The van der Waals surface area contributed by atoms with E-state index in [1.807, 2.05) is 115 Å². The summed E-state index contributed by atoms with van der Waals surface area (Å²) >= 11 is 0. The van der Waals surface area contributed by atoms with Gasteiger partial charge in [0.15, 0.2) is 25.4 Å². The summed E-state index contributed by atoms with van der Waals surface area (Å²) in [5.74, 6) is 10.5. The van der Waals surface area contributed by atoms with E-state index in [9.17, 15) is 19.2 Å². The zero-order valence-electron chi connectivity index (χ0n) is 85.8. The molecule has 4 unspecified atom stereocenters. The van der Waals surface area contributed by atoms with Gasteiger partial charge in [0, 0.05) is 0 Å². The number of hydrogen-bond acceptors (Lipinski definition) is 8. The van der Waals surface area contributed by atoms with Crippen LogP contribution < -0.4 is 18.3 Å². The Kier molecular flexibility index (Phi) is 50.3. The van der Waals surface area contributed by atoms with Gasteiger partial charge in [-0.2, -0.15) is 0 Å². The van der Waals surface area contributed by atoms with Gasteiger partial charge in [0.25, 0.3) is 0 Å². The number of hydrogen-bond donors (Lipinski definition) is 7. The van der Waals surface area contributed by atoms with Crippen LogP contribution in [0.2, 0.25) is 0 Å². The molecule has 6 aromatic rings. The minimum Gasteiger partial charge on any atom is -0.478 e. The minimum absolute atomic E-state index is 0.000707. The summed E-state index contributed by atoms with van der Waals surface area (Å²) in [5.41, 5.74) is 9.13. The summed E-state index contributed by atoms with van der Waals surface area (Å²) in [5, 5.41) is 61.7. The second-order valence-corrected chi connectivity index (χ2v) is 42.0. The number of carboxylic acids is 3. The van der Waals surface area contributed by atoms with Crippen molar-refractivity contribution in [2.45, 2.75) is 317 Å². The van der Waals surface area contributed by atoms with Gasteiger partial charge in [0.05, 0.1) is 19.6 Å². The van der Waals surface area contributed by atoms with Crippen LogP contribution in [0.5, 0.6) is 0 Å². The molecule has 4 saturated carbocycles. The number of aliphatic carboxylic acids is 3. The molecule has 23 nitrogen and oxygen atoms in total. The van der Waals surface area contributed by atoms with Crippen molar-refractivity contribution in [2.24, 2.45) is 82.9 Å². The monoisotopic (exact) mass is 1870 g/mol. The van der Waals surface area contributed by atoms with Crippen LogP contribution in [0.3, 0.4) is 0 Å². The Morgan fingerprint density at radius 2 is 0.713 bits per heavy atom. The molecule has 0 bridgehead atoms. The van der Waals surface area contributed by atoms with Gasteiger partial charge >= 0.3 is 422 Å². The van der Waals surface area contributed by atoms with Crippen molar-refractivity contribution in [1.82, 2.24) is 18.3 Å². The molecule has 4 aliphatic heterocycles. The van der Waals surface area contributed by atoms with Crippen LogP contribution in [-0.2, 0) is 78.1 Å². The zero-order valence-corrected chi connectivity index (χ0v) is 85.8.